The lowest BCUT2D eigenvalue weighted by molar-refractivity contribution is -0.151. The van der Waals surface area contributed by atoms with Crippen LogP contribution in [0.25, 0.3) is 11.0 Å². The minimum Gasteiger partial charge on any atom is -0.497 e. The summed E-state index contributed by atoms with van der Waals surface area (Å²) in [5.74, 6) is -0.0827. The predicted octanol–water partition coefficient (Wildman–Crippen LogP) is 3.26. The second-order valence-electron chi connectivity index (χ2n) is 6.17. The molecule has 138 valence electrons. The molecule has 27 heavy (non-hydrogen) atoms. The molecule has 0 fully saturated rings. The van der Waals surface area contributed by atoms with E-state index in [1.54, 1.807) is 44.4 Å². The van der Waals surface area contributed by atoms with Crippen molar-refractivity contribution in [2.45, 2.75) is 18.9 Å². The monoisotopic (exact) mass is 366 g/mol. The molecular weight excluding hydrogens is 348 g/mol. The number of ether oxygens (including phenoxy) is 3. The zero-order valence-electron chi connectivity index (χ0n) is 14.9. The minimum atomic E-state index is -0.956. The predicted molar refractivity (Wildman–Crippen MR) is 98.4 cm³/mol. The highest BCUT2D eigenvalue weighted by Crippen LogP contribution is 2.44. The van der Waals surface area contributed by atoms with Crippen molar-refractivity contribution in [3.05, 3.63) is 70.1 Å². The number of para-hydroxylation sites is 1. The lowest BCUT2D eigenvalue weighted by Crippen LogP contribution is -2.32. The number of hydrogen-bond donors (Lipinski definition) is 0. The first-order valence-corrected chi connectivity index (χ1v) is 8.67. The van der Waals surface area contributed by atoms with Gasteiger partial charge >= 0.3 is 11.6 Å². The van der Waals surface area contributed by atoms with Gasteiger partial charge in [-0.2, -0.15) is 0 Å². The Balaban J connectivity index is 1.92. The highest BCUT2D eigenvalue weighted by atomic mass is 16.6. The van der Waals surface area contributed by atoms with E-state index in [-0.39, 0.29) is 6.61 Å². The maximum absolute atomic E-state index is 12.7. The van der Waals surface area contributed by atoms with Gasteiger partial charge in [0.25, 0.3) is 0 Å². The fourth-order valence-corrected chi connectivity index (χ4v) is 3.44. The Morgan fingerprint density at radius 2 is 1.85 bits per heavy atom. The number of benzene rings is 2. The van der Waals surface area contributed by atoms with Crippen LogP contribution in [0.4, 0.5) is 0 Å². The molecule has 1 aliphatic rings. The molecule has 0 bridgehead atoms. The van der Waals surface area contributed by atoms with Crippen LogP contribution in [0.2, 0.25) is 0 Å². The molecule has 2 atom stereocenters. The average Bonchev–Trinajstić information content (AvgIpc) is 3.10. The second-order valence-corrected chi connectivity index (χ2v) is 6.17. The lowest BCUT2D eigenvalue weighted by atomic mass is 9.88. The molecule has 6 nitrogen and oxygen atoms in total. The number of fused-ring (bicyclic) bond motifs is 3. The lowest BCUT2D eigenvalue weighted by Gasteiger charge is -2.17. The number of carbonyl (C=O) groups excluding carboxylic acids is 1. The van der Waals surface area contributed by atoms with E-state index in [1.165, 1.54) is 0 Å². The number of hydrogen-bond acceptors (Lipinski definition) is 6. The third kappa shape index (κ3) is 2.83. The first-order chi connectivity index (χ1) is 13.1. The first-order valence-electron chi connectivity index (χ1n) is 8.67. The van der Waals surface area contributed by atoms with Crippen LogP contribution in [0.5, 0.6) is 11.5 Å². The molecule has 1 aliphatic heterocycles. The van der Waals surface area contributed by atoms with Crippen molar-refractivity contribution in [2.24, 2.45) is 0 Å². The molecule has 0 amide bonds. The van der Waals surface area contributed by atoms with Crippen LogP contribution in [0.1, 0.15) is 24.0 Å². The summed E-state index contributed by atoms with van der Waals surface area (Å²) in [6, 6.07) is 14.3. The normalized spacial score (nSPS) is 18.0. The summed E-state index contributed by atoms with van der Waals surface area (Å²) in [5, 5.41) is 0.650. The molecule has 2 aromatic carbocycles. The summed E-state index contributed by atoms with van der Waals surface area (Å²) in [6.45, 7) is 1.95. The summed E-state index contributed by atoms with van der Waals surface area (Å²) in [6.07, 6.45) is -0.956. The third-order valence-corrected chi connectivity index (χ3v) is 4.65. The highest BCUT2D eigenvalue weighted by molar-refractivity contribution is 5.88. The van der Waals surface area contributed by atoms with Crippen LogP contribution >= 0.6 is 0 Å². The molecule has 0 aliphatic carbocycles. The van der Waals surface area contributed by atoms with Crippen LogP contribution < -0.4 is 15.1 Å². The number of rotatable bonds is 4. The minimum absolute atomic E-state index is 0.222. The third-order valence-electron chi connectivity index (χ3n) is 4.65. The van der Waals surface area contributed by atoms with Crippen LogP contribution in [0.3, 0.4) is 0 Å². The summed E-state index contributed by atoms with van der Waals surface area (Å²) < 4.78 is 21.8. The van der Waals surface area contributed by atoms with Gasteiger partial charge in [-0.05, 0) is 36.8 Å². The van der Waals surface area contributed by atoms with Gasteiger partial charge in [0.2, 0.25) is 6.10 Å². The summed E-state index contributed by atoms with van der Waals surface area (Å²) >= 11 is 0. The van der Waals surface area contributed by atoms with E-state index in [0.717, 1.165) is 5.56 Å². The van der Waals surface area contributed by atoms with Crippen LogP contribution in [0, 0.1) is 0 Å². The second kappa shape index (κ2) is 6.79. The van der Waals surface area contributed by atoms with E-state index >= 15 is 0 Å². The summed E-state index contributed by atoms with van der Waals surface area (Å²) in [5.41, 5.74) is 0.975. The van der Waals surface area contributed by atoms with Gasteiger partial charge in [-0.1, -0.05) is 24.3 Å². The van der Waals surface area contributed by atoms with Crippen molar-refractivity contribution in [1.82, 2.24) is 0 Å². The van der Waals surface area contributed by atoms with Gasteiger partial charge in [0, 0.05) is 0 Å². The standard InChI is InChI=1S/C21H18O6/c1-3-25-21(23)19-16(12-8-10-13(24-2)11-9-12)17-18(27-19)14-6-4-5-7-15(14)26-20(17)22/h4-11,16,19H,3H2,1-2H3/t16-,19+/m0/s1. The molecular formula is C21H18O6. The van der Waals surface area contributed by atoms with E-state index in [2.05, 4.69) is 0 Å². The topological polar surface area (TPSA) is 75.0 Å². The van der Waals surface area contributed by atoms with Crippen molar-refractivity contribution in [1.29, 1.82) is 0 Å². The molecule has 0 radical (unpaired) electrons. The van der Waals surface area contributed by atoms with E-state index in [9.17, 15) is 9.59 Å². The Morgan fingerprint density at radius 1 is 1.11 bits per heavy atom. The first kappa shape index (κ1) is 17.1. The van der Waals surface area contributed by atoms with Gasteiger partial charge < -0.3 is 18.6 Å². The fraction of sp³-hybridized carbons (Fsp3) is 0.238. The average molecular weight is 366 g/mol. The molecule has 4 rings (SSSR count). The van der Waals surface area contributed by atoms with E-state index in [4.69, 9.17) is 18.6 Å². The smallest absolute Gasteiger partial charge is 0.348 e. The van der Waals surface area contributed by atoms with E-state index < -0.39 is 23.6 Å². The zero-order valence-corrected chi connectivity index (χ0v) is 14.9. The molecule has 3 aromatic rings. The molecule has 0 saturated carbocycles. The Labute approximate surface area is 155 Å². The van der Waals surface area contributed by atoms with Gasteiger partial charge in [-0.3, -0.25) is 0 Å². The van der Waals surface area contributed by atoms with Crippen molar-refractivity contribution in [3.63, 3.8) is 0 Å². The summed E-state index contributed by atoms with van der Waals surface area (Å²) in [7, 11) is 1.57. The van der Waals surface area contributed by atoms with Gasteiger partial charge in [0.1, 0.15) is 17.1 Å². The van der Waals surface area contributed by atoms with Crippen LogP contribution in [-0.2, 0) is 9.53 Å². The van der Waals surface area contributed by atoms with Gasteiger partial charge in [0.05, 0.1) is 30.6 Å². The van der Waals surface area contributed by atoms with Crippen molar-refractivity contribution >= 4 is 16.9 Å². The molecule has 1 aromatic heterocycles. The Bertz CT molecular complexity index is 1050. The maximum Gasteiger partial charge on any atom is 0.348 e. The summed E-state index contributed by atoms with van der Waals surface area (Å²) in [4.78, 5) is 25.3. The van der Waals surface area contributed by atoms with Gasteiger partial charge in [0.15, 0.2) is 0 Å². The van der Waals surface area contributed by atoms with Gasteiger partial charge in [-0.25, -0.2) is 9.59 Å². The SMILES string of the molecule is CCOC(=O)[C@@H]1Oc2c(c(=O)oc3ccccc23)[C@@H]1c1ccc(OC)cc1. The molecule has 0 saturated heterocycles. The van der Waals surface area contributed by atoms with Crippen molar-refractivity contribution < 1.29 is 23.4 Å². The van der Waals surface area contributed by atoms with Crippen molar-refractivity contribution in [3.8, 4) is 11.5 Å². The largest absolute Gasteiger partial charge is 0.497 e. The number of carbonyl (C=O) groups is 1. The zero-order chi connectivity index (χ0) is 19.0. The Kier molecular flexibility index (Phi) is 4.32. The van der Waals surface area contributed by atoms with Crippen LogP contribution in [-0.4, -0.2) is 25.8 Å². The molecule has 2 heterocycles. The van der Waals surface area contributed by atoms with Gasteiger partial charge in [-0.15, -0.1) is 0 Å². The van der Waals surface area contributed by atoms with E-state index in [1.807, 2.05) is 18.2 Å². The fourth-order valence-electron chi connectivity index (χ4n) is 3.44. The molecule has 0 spiro atoms. The molecule has 0 unspecified atom stereocenters. The van der Waals surface area contributed by atoms with Crippen LogP contribution in [0.15, 0.2) is 57.7 Å². The number of methoxy groups -OCH3 is 1. The Hall–Kier alpha value is -3.28. The number of esters is 1. The van der Waals surface area contributed by atoms with Crippen molar-refractivity contribution in [2.75, 3.05) is 13.7 Å². The quantitative estimate of drug-likeness (QED) is 0.521. The molecule has 6 heteroatoms. The highest BCUT2D eigenvalue weighted by Gasteiger charge is 2.45. The van der Waals surface area contributed by atoms with E-state index in [0.29, 0.717) is 28.0 Å². The molecule has 0 N–H and O–H groups in total. The Morgan fingerprint density at radius 3 is 2.56 bits per heavy atom. The maximum atomic E-state index is 12.7.